The molecule has 1 aliphatic rings. The summed E-state index contributed by atoms with van der Waals surface area (Å²) >= 11 is 0. The Labute approximate surface area is 158 Å². The Kier molecular flexibility index (Phi) is 5.98. The Bertz CT molecular complexity index is 879. The second-order valence-electron chi connectivity index (χ2n) is 6.11. The van der Waals surface area contributed by atoms with Crippen LogP contribution in [0.15, 0.2) is 53.4 Å². The van der Waals surface area contributed by atoms with E-state index in [2.05, 4.69) is 4.72 Å². The van der Waals surface area contributed by atoms with Gasteiger partial charge in [-0.25, -0.2) is 8.42 Å². The van der Waals surface area contributed by atoms with E-state index in [9.17, 15) is 13.2 Å². The van der Waals surface area contributed by atoms with Gasteiger partial charge in [0.1, 0.15) is 12.4 Å². The van der Waals surface area contributed by atoms with Gasteiger partial charge in [-0.1, -0.05) is 0 Å². The average Bonchev–Trinajstić information content (AvgIpc) is 3.09. The molecule has 1 saturated heterocycles. The van der Waals surface area contributed by atoms with Crippen LogP contribution in [0.1, 0.15) is 12.8 Å². The SMILES string of the molecule is COCCOc1ccc(S(=O)(=O)Nc2ccc(N3CCCC3=O)cc2)cc1. The highest BCUT2D eigenvalue weighted by molar-refractivity contribution is 7.92. The number of carbonyl (C=O) groups excluding carboxylic acids is 1. The number of rotatable bonds is 8. The van der Waals surface area contributed by atoms with Crippen molar-refractivity contribution in [2.75, 3.05) is 36.5 Å². The number of sulfonamides is 1. The largest absolute Gasteiger partial charge is 0.491 e. The lowest BCUT2D eigenvalue weighted by atomic mass is 10.2. The summed E-state index contributed by atoms with van der Waals surface area (Å²) in [5.74, 6) is 0.668. The highest BCUT2D eigenvalue weighted by Crippen LogP contribution is 2.24. The summed E-state index contributed by atoms with van der Waals surface area (Å²) in [5.41, 5.74) is 1.21. The molecule has 0 aliphatic carbocycles. The lowest BCUT2D eigenvalue weighted by Crippen LogP contribution is -2.23. The van der Waals surface area contributed by atoms with Gasteiger partial charge < -0.3 is 14.4 Å². The molecule has 0 aromatic heterocycles. The van der Waals surface area contributed by atoms with E-state index in [1.54, 1.807) is 48.4 Å². The lowest BCUT2D eigenvalue weighted by molar-refractivity contribution is -0.117. The average molecular weight is 390 g/mol. The molecule has 3 rings (SSSR count). The third-order valence-corrected chi connectivity index (χ3v) is 5.59. The molecule has 0 saturated carbocycles. The highest BCUT2D eigenvalue weighted by Gasteiger charge is 2.21. The number of methoxy groups -OCH3 is 1. The Morgan fingerprint density at radius 2 is 1.74 bits per heavy atom. The van der Waals surface area contributed by atoms with E-state index in [1.807, 2.05) is 0 Å². The van der Waals surface area contributed by atoms with E-state index in [-0.39, 0.29) is 10.8 Å². The molecule has 0 radical (unpaired) electrons. The van der Waals surface area contributed by atoms with Gasteiger partial charge >= 0.3 is 0 Å². The zero-order chi connectivity index (χ0) is 19.3. The van der Waals surface area contributed by atoms with Crippen molar-refractivity contribution >= 4 is 27.3 Å². The lowest BCUT2D eigenvalue weighted by Gasteiger charge is -2.16. The third kappa shape index (κ3) is 4.78. The Morgan fingerprint density at radius 1 is 1.04 bits per heavy atom. The third-order valence-electron chi connectivity index (χ3n) is 4.19. The number of anilines is 2. The number of hydrogen-bond donors (Lipinski definition) is 1. The molecule has 2 aromatic carbocycles. The summed E-state index contributed by atoms with van der Waals surface area (Å²) in [6.07, 6.45) is 1.40. The predicted molar refractivity (Wildman–Crippen MR) is 103 cm³/mol. The molecule has 8 heteroatoms. The molecular weight excluding hydrogens is 368 g/mol. The smallest absolute Gasteiger partial charge is 0.261 e. The topological polar surface area (TPSA) is 84.9 Å². The van der Waals surface area contributed by atoms with Crippen LogP contribution in [0.4, 0.5) is 11.4 Å². The van der Waals surface area contributed by atoms with Gasteiger partial charge in [0.25, 0.3) is 10.0 Å². The van der Waals surface area contributed by atoms with Crippen LogP contribution in [0.2, 0.25) is 0 Å². The maximum Gasteiger partial charge on any atom is 0.261 e. The quantitative estimate of drug-likeness (QED) is 0.701. The second-order valence-corrected chi connectivity index (χ2v) is 7.80. The molecule has 7 nitrogen and oxygen atoms in total. The second kappa shape index (κ2) is 8.41. The summed E-state index contributed by atoms with van der Waals surface area (Å²) in [6, 6.07) is 13.0. The van der Waals surface area contributed by atoms with Crippen LogP contribution in [0.3, 0.4) is 0 Å². The minimum Gasteiger partial charge on any atom is -0.491 e. The molecule has 1 fully saturated rings. The van der Waals surface area contributed by atoms with E-state index in [0.29, 0.717) is 37.6 Å². The number of nitrogens with zero attached hydrogens (tertiary/aromatic N) is 1. The molecule has 0 spiro atoms. The van der Waals surface area contributed by atoms with E-state index in [1.165, 1.54) is 12.1 Å². The molecule has 0 atom stereocenters. The number of carbonyl (C=O) groups is 1. The van der Waals surface area contributed by atoms with Gasteiger partial charge in [0, 0.05) is 31.5 Å². The van der Waals surface area contributed by atoms with E-state index >= 15 is 0 Å². The van der Waals surface area contributed by atoms with E-state index in [0.717, 1.165) is 12.1 Å². The van der Waals surface area contributed by atoms with Gasteiger partial charge in [0.05, 0.1) is 11.5 Å². The van der Waals surface area contributed by atoms with Crippen molar-refractivity contribution in [2.24, 2.45) is 0 Å². The molecule has 27 heavy (non-hydrogen) atoms. The van der Waals surface area contributed by atoms with Crippen molar-refractivity contribution in [1.82, 2.24) is 0 Å². The first-order valence-electron chi connectivity index (χ1n) is 8.65. The molecule has 1 amide bonds. The first-order valence-corrected chi connectivity index (χ1v) is 10.1. The molecule has 1 N–H and O–H groups in total. The monoisotopic (exact) mass is 390 g/mol. The number of amides is 1. The number of ether oxygens (including phenoxy) is 2. The van der Waals surface area contributed by atoms with Gasteiger partial charge in [0.15, 0.2) is 0 Å². The fourth-order valence-electron chi connectivity index (χ4n) is 2.80. The molecule has 1 aliphatic heterocycles. The first-order chi connectivity index (χ1) is 13.0. The fraction of sp³-hybridized carbons (Fsp3) is 0.316. The van der Waals surface area contributed by atoms with Crippen LogP contribution in [0.5, 0.6) is 5.75 Å². The van der Waals surface area contributed by atoms with Crippen LogP contribution in [-0.4, -0.2) is 41.2 Å². The summed E-state index contributed by atoms with van der Waals surface area (Å²) in [5, 5.41) is 0. The summed E-state index contributed by atoms with van der Waals surface area (Å²) in [6.45, 7) is 1.55. The molecule has 2 aromatic rings. The summed E-state index contributed by atoms with van der Waals surface area (Å²) in [7, 11) is -2.13. The van der Waals surface area contributed by atoms with Crippen molar-refractivity contribution in [3.63, 3.8) is 0 Å². The predicted octanol–water partition coefficient (Wildman–Crippen LogP) is 2.64. The van der Waals surface area contributed by atoms with Crippen LogP contribution >= 0.6 is 0 Å². The minimum atomic E-state index is -3.71. The van der Waals surface area contributed by atoms with Crippen molar-refractivity contribution in [2.45, 2.75) is 17.7 Å². The van der Waals surface area contributed by atoms with Gasteiger partial charge in [0.2, 0.25) is 5.91 Å². The fourth-order valence-corrected chi connectivity index (χ4v) is 3.86. The molecular formula is C19H22N2O5S. The maximum atomic E-state index is 12.5. The number of hydrogen-bond acceptors (Lipinski definition) is 5. The molecule has 0 unspecified atom stereocenters. The van der Waals surface area contributed by atoms with E-state index < -0.39 is 10.0 Å². The molecule has 1 heterocycles. The number of benzene rings is 2. The minimum absolute atomic E-state index is 0.0936. The highest BCUT2D eigenvalue weighted by atomic mass is 32.2. The molecule has 0 bridgehead atoms. The van der Waals surface area contributed by atoms with E-state index in [4.69, 9.17) is 9.47 Å². The zero-order valence-corrected chi connectivity index (χ0v) is 15.9. The van der Waals surface area contributed by atoms with Crippen LogP contribution in [0, 0.1) is 0 Å². The van der Waals surface area contributed by atoms with Crippen molar-refractivity contribution in [3.8, 4) is 5.75 Å². The molecule has 144 valence electrons. The zero-order valence-electron chi connectivity index (χ0n) is 15.1. The van der Waals surface area contributed by atoms with Crippen LogP contribution in [-0.2, 0) is 19.6 Å². The number of nitrogens with one attached hydrogen (secondary N) is 1. The Morgan fingerprint density at radius 3 is 2.33 bits per heavy atom. The summed E-state index contributed by atoms with van der Waals surface area (Å²) < 4.78 is 37.9. The van der Waals surface area contributed by atoms with Crippen LogP contribution in [0.25, 0.3) is 0 Å². The van der Waals surface area contributed by atoms with Crippen LogP contribution < -0.4 is 14.4 Å². The Balaban J connectivity index is 1.66. The van der Waals surface area contributed by atoms with Gasteiger partial charge in [-0.3, -0.25) is 9.52 Å². The standard InChI is InChI=1S/C19H22N2O5S/c1-25-13-14-26-17-8-10-18(11-9-17)27(23,24)20-15-4-6-16(7-5-15)21-12-2-3-19(21)22/h4-11,20H,2-3,12-14H2,1H3. The van der Waals surface area contributed by atoms with Gasteiger partial charge in [-0.15, -0.1) is 0 Å². The van der Waals surface area contributed by atoms with Crippen molar-refractivity contribution < 1.29 is 22.7 Å². The summed E-state index contributed by atoms with van der Waals surface area (Å²) in [4.78, 5) is 13.6. The maximum absolute atomic E-state index is 12.5. The van der Waals surface area contributed by atoms with Gasteiger partial charge in [-0.2, -0.15) is 0 Å². The van der Waals surface area contributed by atoms with Crippen molar-refractivity contribution in [1.29, 1.82) is 0 Å². The van der Waals surface area contributed by atoms with Gasteiger partial charge in [-0.05, 0) is 55.0 Å². The first kappa shape index (κ1) is 19.2. The normalized spacial score (nSPS) is 14.4. The van der Waals surface area contributed by atoms with Crippen molar-refractivity contribution in [3.05, 3.63) is 48.5 Å². The Hall–Kier alpha value is -2.58.